The Morgan fingerprint density at radius 2 is 2.17 bits per heavy atom. The van der Waals surface area contributed by atoms with Gasteiger partial charge < -0.3 is 4.74 Å². The van der Waals surface area contributed by atoms with Crippen molar-refractivity contribution in [1.82, 2.24) is 4.31 Å². The summed E-state index contributed by atoms with van der Waals surface area (Å²) in [6.07, 6.45) is 4.29. The third kappa shape index (κ3) is 2.40. The van der Waals surface area contributed by atoms with Gasteiger partial charge in [0.1, 0.15) is 0 Å². The highest BCUT2D eigenvalue weighted by Gasteiger charge is 2.42. The maximum atomic E-state index is 12.5. The fourth-order valence-electron chi connectivity index (χ4n) is 2.91. The SMILES string of the molecule is CCC(C#N)S(=O)(=O)N1CCOC2CCCCC21. The first-order valence-electron chi connectivity index (χ1n) is 6.63. The van der Waals surface area contributed by atoms with Crippen molar-refractivity contribution in [2.75, 3.05) is 13.2 Å². The molecule has 5 nitrogen and oxygen atoms in total. The standard InChI is InChI=1S/C12H20N2O3S/c1-2-10(9-13)18(15,16)14-7-8-17-12-6-4-3-5-11(12)14/h10-12H,2-8H2,1H3. The summed E-state index contributed by atoms with van der Waals surface area (Å²) in [5.74, 6) is 0. The van der Waals surface area contributed by atoms with E-state index in [1.54, 1.807) is 6.92 Å². The Morgan fingerprint density at radius 3 is 2.83 bits per heavy atom. The van der Waals surface area contributed by atoms with Gasteiger partial charge in [0, 0.05) is 6.54 Å². The van der Waals surface area contributed by atoms with Crippen molar-refractivity contribution in [3.05, 3.63) is 0 Å². The van der Waals surface area contributed by atoms with Crippen molar-refractivity contribution >= 4 is 10.0 Å². The second-order valence-corrected chi connectivity index (χ2v) is 7.01. The fraction of sp³-hybridized carbons (Fsp3) is 0.917. The molecular weight excluding hydrogens is 252 g/mol. The monoisotopic (exact) mass is 272 g/mol. The van der Waals surface area contributed by atoms with E-state index in [4.69, 9.17) is 10.00 Å². The van der Waals surface area contributed by atoms with E-state index in [9.17, 15) is 8.42 Å². The molecule has 0 spiro atoms. The summed E-state index contributed by atoms with van der Waals surface area (Å²) < 4.78 is 32.1. The molecule has 3 atom stereocenters. The zero-order chi connectivity index (χ0) is 13.2. The molecule has 0 aromatic rings. The molecule has 6 heteroatoms. The molecule has 1 heterocycles. The minimum Gasteiger partial charge on any atom is -0.375 e. The predicted octanol–water partition coefficient (Wildman–Crippen LogP) is 1.26. The highest BCUT2D eigenvalue weighted by molar-refractivity contribution is 7.90. The fourth-order valence-corrected chi connectivity index (χ4v) is 4.74. The number of rotatable bonds is 3. The third-order valence-electron chi connectivity index (χ3n) is 3.88. The molecule has 18 heavy (non-hydrogen) atoms. The number of morpholine rings is 1. The molecule has 0 aromatic heterocycles. The zero-order valence-electron chi connectivity index (χ0n) is 10.7. The second-order valence-electron chi connectivity index (χ2n) is 4.94. The Kier molecular flexibility index (Phi) is 4.25. The highest BCUT2D eigenvalue weighted by Crippen LogP contribution is 2.31. The largest absolute Gasteiger partial charge is 0.375 e. The summed E-state index contributed by atoms with van der Waals surface area (Å²) in [6, 6.07) is 1.86. The van der Waals surface area contributed by atoms with Gasteiger partial charge in [0.15, 0.2) is 5.25 Å². The van der Waals surface area contributed by atoms with Crippen molar-refractivity contribution in [3.63, 3.8) is 0 Å². The van der Waals surface area contributed by atoms with Crippen LogP contribution in [0, 0.1) is 11.3 Å². The zero-order valence-corrected chi connectivity index (χ0v) is 11.5. The lowest BCUT2D eigenvalue weighted by molar-refractivity contribution is -0.0587. The van der Waals surface area contributed by atoms with Gasteiger partial charge in [-0.05, 0) is 19.3 Å². The molecule has 2 aliphatic rings. The lowest BCUT2D eigenvalue weighted by Crippen LogP contribution is -2.56. The van der Waals surface area contributed by atoms with Crippen molar-refractivity contribution in [1.29, 1.82) is 5.26 Å². The molecule has 1 saturated carbocycles. The average Bonchev–Trinajstić information content (AvgIpc) is 2.39. The minimum absolute atomic E-state index is 0.0264. The van der Waals surface area contributed by atoms with Crippen LogP contribution < -0.4 is 0 Å². The number of hydrogen-bond acceptors (Lipinski definition) is 4. The van der Waals surface area contributed by atoms with E-state index >= 15 is 0 Å². The van der Waals surface area contributed by atoms with E-state index < -0.39 is 15.3 Å². The van der Waals surface area contributed by atoms with Crippen LogP contribution in [0.15, 0.2) is 0 Å². The minimum atomic E-state index is -3.50. The van der Waals surface area contributed by atoms with Gasteiger partial charge in [0.2, 0.25) is 10.0 Å². The van der Waals surface area contributed by atoms with Gasteiger partial charge in [-0.1, -0.05) is 19.8 Å². The van der Waals surface area contributed by atoms with Gasteiger partial charge in [-0.25, -0.2) is 8.42 Å². The summed E-state index contributed by atoms with van der Waals surface area (Å²) >= 11 is 0. The van der Waals surface area contributed by atoms with Crippen LogP contribution in [0.3, 0.4) is 0 Å². The van der Waals surface area contributed by atoms with Crippen LogP contribution in [0.5, 0.6) is 0 Å². The summed E-state index contributed by atoms with van der Waals surface area (Å²) in [6.45, 7) is 2.58. The third-order valence-corrected chi connectivity index (χ3v) is 6.15. The molecule has 1 saturated heterocycles. The predicted molar refractivity (Wildman–Crippen MR) is 67.3 cm³/mol. The van der Waals surface area contributed by atoms with E-state index in [-0.39, 0.29) is 12.1 Å². The molecule has 0 radical (unpaired) electrons. The summed E-state index contributed by atoms with van der Waals surface area (Å²) in [4.78, 5) is 0. The maximum Gasteiger partial charge on any atom is 0.230 e. The van der Waals surface area contributed by atoms with Crippen molar-refractivity contribution in [2.45, 2.75) is 56.4 Å². The summed E-state index contributed by atoms with van der Waals surface area (Å²) in [7, 11) is -3.50. The first-order chi connectivity index (χ1) is 8.61. The Hall–Kier alpha value is -0.640. The Labute approximate surface area is 109 Å². The van der Waals surface area contributed by atoms with Crippen molar-refractivity contribution in [3.8, 4) is 6.07 Å². The smallest absolute Gasteiger partial charge is 0.230 e. The van der Waals surface area contributed by atoms with Crippen LogP contribution in [0.1, 0.15) is 39.0 Å². The van der Waals surface area contributed by atoms with Gasteiger partial charge >= 0.3 is 0 Å². The normalized spacial score (nSPS) is 31.3. The molecule has 0 aromatic carbocycles. The Bertz CT molecular complexity index is 427. The number of hydrogen-bond donors (Lipinski definition) is 0. The number of fused-ring (bicyclic) bond motifs is 1. The number of nitriles is 1. The van der Waals surface area contributed by atoms with Crippen LogP contribution in [0.25, 0.3) is 0 Å². The Morgan fingerprint density at radius 1 is 1.44 bits per heavy atom. The first-order valence-corrected chi connectivity index (χ1v) is 8.13. The summed E-state index contributed by atoms with van der Waals surface area (Å²) in [5, 5.41) is 8.08. The molecule has 2 fully saturated rings. The first kappa shape index (κ1) is 13.8. The molecule has 3 unspecified atom stereocenters. The molecule has 0 N–H and O–H groups in total. The topological polar surface area (TPSA) is 70.4 Å². The van der Waals surface area contributed by atoms with Crippen molar-refractivity contribution in [2.24, 2.45) is 0 Å². The molecular formula is C12H20N2O3S. The average molecular weight is 272 g/mol. The van der Waals surface area contributed by atoms with Crippen LogP contribution in [0.4, 0.5) is 0 Å². The second kappa shape index (κ2) is 5.55. The van der Waals surface area contributed by atoms with Crippen LogP contribution in [-0.4, -0.2) is 43.3 Å². The Balaban J connectivity index is 2.23. The van der Waals surface area contributed by atoms with Crippen LogP contribution in [0.2, 0.25) is 0 Å². The highest BCUT2D eigenvalue weighted by atomic mass is 32.2. The number of nitrogens with zero attached hydrogens (tertiary/aromatic N) is 2. The van der Waals surface area contributed by atoms with E-state index in [1.807, 2.05) is 6.07 Å². The maximum absolute atomic E-state index is 12.5. The van der Waals surface area contributed by atoms with E-state index in [0.29, 0.717) is 19.6 Å². The number of sulfonamides is 1. The van der Waals surface area contributed by atoms with Gasteiger partial charge in [0.25, 0.3) is 0 Å². The van der Waals surface area contributed by atoms with Crippen LogP contribution >= 0.6 is 0 Å². The molecule has 2 rings (SSSR count). The van der Waals surface area contributed by atoms with Gasteiger partial charge in [-0.2, -0.15) is 9.57 Å². The lowest BCUT2D eigenvalue weighted by atomic mass is 9.91. The van der Waals surface area contributed by atoms with Crippen LogP contribution in [-0.2, 0) is 14.8 Å². The van der Waals surface area contributed by atoms with E-state index in [1.165, 1.54) is 4.31 Å². The molecule has 0 amide bonds. The van der Waals surface area contributed by atoms with Crippen molar-refractivity contribution < 1.29 is 13.2 Å². The molecule has 0 bridgehead atoms. The van der Waals surface area contributed by atoms with E-state index in [2.05, 4.69) is 0 Å². The molecule has 102 valence electrons. The van der Waals surface area contributed by atoms with Gasteiger partial charge in [0.05, 0.1) is 24.8 Å². The van der Waals surface area contributed by atoms with E-state index in [0.717, 1.165) is 25.7 Å². The summed E-state index contributed by atoms with van der Waals surface area (Å²) in [5.41, 5.74) is 0. The van der Waals surface area contributed by atoms with Gasteiger partial charge in [-0.3, -0.25) is 0 Å². The number of ether oxygens (including phenoxy) is 1. The quantitative estimate of drug-likeness (QED) is 0.775. The lowest BCUT2D eigenvalue weighted by Gasteiger charge is -2.43. The molecule has 1 aliphatic carbocycles. The molecule has 1 aliphatic heterocycles. The van der Waals surface area contributed by atoms with Gasteiger partial charge in [-0.15, -0.1) is 0 Å².